The molecule has 0 spiro atoms. The highest BCUT2D eigenvalue weighted by Crippen LogP contribution is 2.28. The van der Waals surface area contributed by atoms with Crippen molar-refractivity contribution in [3.8, 4) is 22.5 Å². The summed E-state index contributed by atoms with van der Waals surface area (Å²) in [7, 11) is 2.68. The van der Waals surface area contributed by atoms with Gasteiger partial charge in [0.05, 0.1) is 36.7 Å². The molecule has 0 fully saturated rings. The van der Waals surface area contributed by atoms with Crippen LogP contribution in [0.15, 0.2) is 60.9 Å². The second kappa shape index (κ2) is 7.57. The van der Waals surface area contributed by atoms with Gasteiger partial charge in [-0.1, -0.05) is 24.3 Å². The SMILES string of the molecule is COC(=O)c1ccc(-c2nccnc2-c2ccc(C(=O)OC)cc2)cc1. The Labute approximate surface area is 150 Å². The van der Waals surface area contributed by atoms with E-state index in [4.69, 9.17) is 9.47 Å². The van der Waals surface area contributed by atoms with E-state index >= 15 is 0 Å². The maximum Gasteiger partial charge on any atom is 0.337 e. The Balaban J connectivity index is 1.98. The lowest BCUT2D eigenvalue weighted by Crippen LogP contribution is -2.01. The van der Waals surface area contributed by atoms with Crippen LogP contribution in [-0.2, 0) is 9.47 Å². The molecule has 3 rings (SSSR count). The largest absolute Gasteiger partial charge is 0.465 e. The molecule has 0 aliphatic carbocycles. The lowest BCUT2D eigenvalue weighted by Gasteiger charge is -2.09. The van der Waals surface area contributed by atoms with Crippen LogP contribution < -0.4 is 0 Å². The number of nitrogens with zero attached hydrogens (tertiary/aromatic N) is 2. The van der Waals surface area contributed by atoms with Crippen LogP contribution in [0.1, 0.15) is 20.7 Å². The molecule has 0 unspecified atom stereocenters. The highest BCUT2D eigenvalue weighted by atomic mass is 16.5. The number of ether oxygens (including phenoxy) is 2. The van der Waals surface area contributed by atoms with E-state index in [1.165, 1.54) is 14.2 Å². The normalized spacial score (nSPS) is 10.2. The summed E-state index contributed by atoms with van der Waals surface area (Å²) in [5.74, 6) is -0.788. The minimum Gasteiger partial charge on any atom is -0.465 e. The van der Waals surface area contributed by atoms with Gasteiger partial charge in [-0.05, 0) is 24.3 Å². The van der Waals surface area contributed by atoms with Crippen LogP contribution in [0.2, 0.25) is 0 Å². The molecule has 3 aromatic rings. The third-order valence-corrected chi connectivity index (χ3v) is 3.86. The molecule has 130 valence electrons. The van der Waals surface area contributed by atoms with Crippen LogP contribution >= 0.6 is 0 Å². The number of hydrogen-bond acceptors (Lipinski definition) is 6. The fraction of sp³-hybridized carbons (Fsp3) is 0.100. The summed E-state index contributed by atoms with van der Waals surface area (Å²) in [5.41, 5.74) is 3.91. The number of methoxy groups -OCH3 is 2. The van der Waals surface area contributed by atoms with Crippen molar-refractivity contribution in [1.82, 2.24) is 9.97 Å². The third-order valence-electron chi connectivity index (χ3n) is 3.86. The Morgan fingerprint density at radius 1 is 0.654 bits per heavy atom. The monoisotopic (exact) mass is 348 g/mol. The van der Waals surface area contributed by atoms with Gasteiger partial charge in [-0.3, -0.25) is 9.97 Å². The average Bonchev–Trinajstić information content (AvgIpc) is 2.73. The predicted molar refractivity (Wildman–Crippen MR) is 95.6 cm³/mol. The maximum atomic E-state index is 11.6. The molecule has 1 aromatic heterocycles. The average molecular weight is 348 g/mol. The van der Waals surface area contributed by atoms with E-state index in [0.29, 0.717) is 22.5 Å². The second-order valence-corrected chi connectivity index (χ2v) is 5.39. The molecule has 6 heteroatoms. The highest BCUT2D eigenvalue weighted by Gasteiger charge is 2.13. The Hall–Kier alpha value is -3.54. The van der Waals surface area contributed by atoms with Gasteiger partial charge < -0.3 is 9.47 Å². The molecule has 0 radical (unpaired) electrons. The highest BCUT2D eigenvalue weighted by molar-refractivity contribution is 5.91. The van der Waals surface area contributed by atoms with Gasteiger partial charge in [0, 0.05) is 23.5 Å². The molecule has 0 saturated heterocycles. The molecule has 0 aliphatic heterocycles. The minimum absolute atomic E-state index is 0.394. The summed E-state index contributed by atoms with van der Waals surface area (Å²) in [6.07, 6.45) is 3.21. The molecule has 6 nitrogen and oxygen atoms in total. The van der Waals surface area contributed by atoms with Crippen molar-refractivity contribution in [3.63, 3.8) is 0 Å². The van der Waals surface area contributed by atoms with Crippen LogP contribution in [0.25, 0.3) is 22.5 Å². The van der Waals surface area contributed by atoms with Gasteiger partial charge in [0.1, 0.15) is 0 Å². The number of rotatable bonds is 4. The van der Waals surface area contributed by atoms with Crippen molar-refractivity contribution in [3.05, 3.63) is 72.1 Å². The maximum absolute atomic E-state index is 11.6. The van der Waals surface area contributed by atoms with Gasteiger partial charge in [0.25, 0.3) is 0 Å². The van der Waals surface area contributed by atoms with Crippen molar-refractivity contribution in [2.45, 2.75) is 0 Å². The van der Waals surface area contributed by atoms with E-state index in [0.717, 1.165) is 11.1 Å². The molecule has 1 heterocycles. The number of hydrogen-bond donors (Lipinski definition) is 0. The van der Waals surface area contributed by atoms with Crippen molar-refractivity contribution in [2.75, 3.05) is 14.2 Å². The quantitative estimate of drug-likeness (QED) is 0.673. The molecule has 0 aliphatic rings. The number of aromatic nitrogens is 2. The number of esters is 2. The van der Waals surface area contributed by atoms with Gasteiger partial charge in [0.15, 0.2) is 0 Å². The van der Waals surface area contributed by atoms with E-state index in [9.17, 15) is 9.59 Å². The standard InChI is InChI=1S/C20H16N2O4/c1-25-19(23)15-7-3-13(4-8-15)17-18(22-12-11-21-17)14-5-9-16(10-6-14)20(24)26-2/h3-12H,1-2H3. The molecule has 2 aromatic carbocycles. The summed E-state index contributed by atoms with van der Waals surface area (Å²) in [5, 5.41) is 0. The minimum atomic E-state index is -0.394. The number of benzene rings is 2. The number of carbonyl (C=O) groups excluding carboxylic acids is 2. The molecule has 0 amide bonds. The fourth-order valence-corrected chi connectivity index (χ4v) is 2.52. The molecule has 0 atom stereocenters. The van der Waals surface area contributed by atoms with E-state index in [1.807, 2.05) is 0 Å². The van der Waals surface area contributed by atoms with Crippen molar-refractivity contribution in [1.29, 1.82) is 0 Å². The summed E-state index contributed by atoms with van der Waals surface area (Å²) in [6.45, 7) is 0. The molecule has 0 N–H and O–H groups in total. The lowest BCUT2D eigenvalue weighted by atomic mass is 10.0. The van der Waals surface area contributed by atoms with Gasteiger partial charge >= 0.3 is 11.9 Å². The number of carbonyl (C=O) groups is 2. The Kier molecular flexibility index (Phi) is 5.03. The molecule has 0 bridgehead atoms. The first-order chi connectivity index (χ1) is 12.6. The molecular weight excluding hydrogens is 332 g/mol. The molecule has 0 saturated carbocycles. The first-order valence-electron chi connectivity index (χ1n) is 7.82. The van der Waals surface area contributed by atoms with E-state index in [-0.39, 0.29) is 0 Å². The summed E-state index contributed by atoms with van der Waals surface area (Å²) in [6, 6.07) is 13.9. The first kappa shape index (κ1) is 17.3. The topological polar surface area (TPSA) is 78.4 Å². The van der Waals surface area contributed by atoms with Crippen LogP contribution in [-0.4, -0.2) is 36.1 Å². The summed E-state index contributed by atoms with van der Waals surface area (Å²) in [4.78, 5) is 32.0. The molecular formula is C20H16N2O4. The zero-order valence-electron chi connectivity index (χ0n) is 14.3. The van der Waals surface area contributed by atoms with Gasteiger partial charge in [-0.15, -0.1) is 0 Å². The third kappa shape index (κ3) is 3.44. The van der Waals surface area contributed by atoms with Gasteiger partial charge in [0.2, 0.25) is 0 Å². The van der Waals surface area contributed by atoms with E-state index in [1.54, 1.807) is 60.9 Å². The van der Waals surface area contributed by atoms with Crippen LogP contribution in [0.4, 0.5) is 0 Å². The van der Waals surface area contributed by atoms with Gasteiger partial charge in [-0.2, -0.15) is 0 Å². The molecule has 26 heavy (non-hydrogen) atoms. The van der Waals surface area contributed by atoms with Crippen LogP contribution in [0, 0.1) is 0 Å². The van der Waals surface area contributed by atoms with Crippen molar-refractivity contribution >= 4 is 11.9 Å². The zero-order valence-corrected chi connectivity index (χ0v) is 14.3. The summed E-state index contributed by atoms with van der Waals surface area (Å²) < 4.78 is 9.42. The lowest BCUT2D eigenvalue weighted by molar-refractivity contribution is 0.0592. The van der Waals surface area contributed by atoms with Gasteiger partial charge in [-0.25, -0.2) is 9.59 Å². The second-order valence-electron chi connectivity index (χ2n) is 5.39. The van der Waals surface area contributed by atoms with E-state index in [2.05, 4.69) is 9.97 Å². The van der Waals surface area contributed by atoms with Crippen LogP contribution in [0.3, 0.4) is 0 Å². The van der Waals surface area contributed by atoms with Crippen LogP contribution in [0.5, 0.6) is 0 Å². The van der Waals surface area contributed by atoms with Crippen molar-refractivity contribution in [2.24, 2.45) is 0 Å². The Morgan fingerprint density at radius 3 is 1.31 bits per heavy atom. The first-order valence-corrected chi connectivity index (χ1v) is 7.82. The predicted octanol–water partition coefficient (Wildman–Crippen LogP) is 3.38. The Morgan fingerprint density at radius 2 is 1.00 bits per heavy atom. The summed E-state index contributed by atoms with van der Waals surface area (Å²) >= 11 is 0. The van der Waals surface area contributed by atoms with Crippen molar-refractivity contribution < 1.29 is 19.1 Å². The smallest absolute Gasteiger partial charge is 0.337 e. The zero-order chi connectivity index (χ0) is 18.5. The van der Waals surface area contributed by atoms with E-state index < -0.39 is 11.9 Å². The fourth-order valence-electron chi connectivity index (χ4n) is 2.52. The Bertz CT molecular complexity index is 856.